The molecule has 0 bridgehead atoms. The summed E-state index contributed by atoms with van der Waals surface area (Å²) in [7, 11) is 0. The molecule has 0 spiro atoms. The minimum absolute atomic E-state index is 0.534. The molecule has 0 atom stereocenters. The van der Waals surface area contributed by atoms with Crippen molar-refractivity contribution in [3.05, 3.63) is 41.3 Å². The van der Waals surface area contributed by atoms with Gasteiger partial charge in [0.25, 0.3) is 0 Å². The SMILES string of the molecule is [CH2]COCc1c(C)cc(C)cc1C. The predicted octanol–water partition coefficient (Wildman–Crippen LogP) is 2.96. The van der Waals surface area contributed by atoms with Gasteiger partial charge in [0.1, 0.15) is 0 Å². The van der Waals surface area contributed by atoms with Crippen LogP contribution in [0.4, 0.5) is 0 Å². The maximum absolute atomic E-state index is 5.31. The molecule has 1 aromatic carbocycles. The van der Waals surface area contributed by atoms with E-state index in [1.165, 1.54) is 22.3 Å². The highest BCUT2D eigenvalue weighted by molar-refractivity contribution is 5.36. The maximum atomic E-state index is 5.31. The fourth-order valence-corrected chi connectivity index (χ4v) is 1.61. The van der Waals surface area contributed by atoms with E-state index in [0.29, 0.717) is 13.2 Å². The molecule has 0 amide bonds. The Labute approximate surface area is 80.7 Å². The fraction of sp³-hybridized carbons (Fsp3) is 0.417. The first-order chi connectivity index (χ1) is 6.15. The second-order valence-electron chi connectivity index (χ2n) is 3.43. The van der Waals surface area contributed by atoms with Crippen molar-refractivity contribution in [2.75, 3.05) is 6.61 Å². The van der Waals surface area contributed by atoms with Crippen LogP contribution in [0.5, 0.6) is 0 Å². The van der Waals surface area contributed by atoms with E-state index in [2.05, 4.69) is 39.8 Å². The highest BCUT2D eigenvalue weighted by atomic mass is 16.5. The van der Waals surface area contributed by atoms with E-state index < -0.39 is 0 Å². The van der Waals surface area contributed by atoms with Crippen molar-refractivity contribution in [3.63, 3.8) is 0 Å². The third-order valence-electron chi connectivity index (χ3n) is 2.23. The number of rotatable bonds is 3. The molecule has 0 saturated heterocycles. The molecule has 0 aliphatic rings. The number of hydrogen-bond acceptors (Lipinski definition) is 1. The van der Waals surface area contributed by atoms with Crippen molar-refractivity contribution in [2.45, 2.75) is 27.4 Å². The summed E-state index contributed by atoms with van der Waals surface area (Å²) in [6.07, 6.45) is 0. The third kappa shape index (κ3) is 2.56. The molecule has 13 heavy (non-hydrogen) atoms. The smallest absolute Gasteiger partial charge is 0.0721 e. The van der Waals surface area contributed by atoms with Gasteiger partial charge in [0.2, 0.25) is 0 Å². The van der Waals surface area contributed by atoms with E-state index in [1.807, 2.05) is 0 Å². The molecule has 0 unspecified atom stereocenters. The van der Waals surface area contributed by atoms with Crippen LogP contribution in [-0.4, -0.2) is 6.61 Å². The molecule has 1 rings (SSSR count). The van der Waals surface area contributed by atoms with E-state index >= 15 is 0 Å². The Bertz CT molecular complexity index is 266. The van der Waals surface area contributed by atoms with Gasteiger partial charge >= 0.3 is 0 Å². The van der Waals surface area contributed by atoms with Crippen LogP contribution in [0.3, 0.4) is 0 Å². The minimum Gasteiger partial charge on any atom is -0.377 e. The van der Waals surface area contributed by atoms with E-state index in [-0.39, 0.29) is 0 Å². The van der Waals surface area contributed by atoms with Crippen LogP contribution >= 0.6 is 0 Å². The topological polar surface area (TPSA) is 9.23 Å². The van der Waals surface area contributed by atoms with Crippen LogP contribution < -0.4 is 0 Å². The van der Waals surface area contributed by atoms with Gasteiger partial charge in [-0.3, -0.25) is 0 Å². The first kappa shape index (κ1) is 10.3. The first-order valence-corrected chi connectivity index (χ1v) is 4.59. The summed E-state index contributed by atoms with van der Waals surface area (Å²) in [5.41, 5.74) is 5.24. The lowest BCUT2D eigenvalue weighted by Crippen LogP contribution is -1.98. The molecule has 1 aromatic rings. The average molecular weight is 177 g/mol. The Morgan fingerprint density at radius 3 is 2.15 bits per heavy atom. The van der Waals surface area contributed by atoms with Crippen LogP contribution in [0.2, 0.25) is 0 Å². The summed E-state index contributed by atoms with van der Waals surface area (Å²) in [5, 5.41) is 0. The molecule has 1 heteroatoms. The van der Waals surface area contributed by atoms with Gasteiger partial charge in [-0.2, -0.15) is 0 Å². The van der Waals surface area contributed by atoms with E-state index in [9.17, 15) is 0 Å². The van der Waals surface area contributed by atoms with Gasteiger partial charge in [0, 0.05) is 6.61 Å². The molecule has 0 saturated carbocycles. The Balaban J connectivity index is 2.92. The van der Waals surface area contributed by atoms with E-state index in [0.717, 1.165) is 0 Å². The zero-order valence-electron chi connectivity index (χ0n) is 8.68. The van der Waals surface area contributed by atoms with Crippen molar-refractivity contribution < 1.29 is 4.74 Å². The van der Waals surface area contributed by atoms with Gasteiger partial charge in [-0.1, -0.05) is 17.7 Å². The van der Waals surface area contributed by atoms with Crippen molar-refractivity contribution in [2.24, 2.45) is 0 Å². The Hall–Kier alpha value is -0.820. The largest absolute Gasteiger partial charge is 0.377 e. The summed E-state index contributed by atoms with van der Waals surface area (Å²) < 4.78 is 5.31. The molecule has 0 N–H and O–H groups in total. The van der Waals surface area contributed by atoms with Crippen LogP contribution in [-0.2, 0) is 11.3 Å². The van der Waals surface area contributed by atoms with Crippen LogP contribution in [0.1, 0.15) is 22.3 Å². The molecule has 0 aliphatic heterocycles. The van der Waals surface area contributed by atoms with Crippen LogP contribution in [0, 0.1) is 27.7 Å². The van der Waals surface area contributed by atoms with Crippen molar-refractivity contribution in [1.29, 1.82) is 0 Å². The standard InChI is InChI=1S/C12H17O/c1-5-13-8-12-10(3)6-9(2)7-11(12)4/h6-7H,1,5,8H2,2-4H3. The monoisotopic (exact) mass is 177 g/mol. The molecule has 0 aliphatic carbocycles. The van der Waals surface area contributed by atoms with Crippen molar-refractivity contribution >= 4 is 0 Å². The summed E-state index contributed by atoms with van der Waals surface area (Å²) in [5.74, 6) is 0. The van der Waals surface area contributed by atoms with Crippen LogP contribution in [0.25, 0.3) is 0 Å². The summed E-state index contributed by atoms with van der Waals surface area (Å²) in [6, 6.07) is 4.38. The number of benzene rings is 1. The van der Waals surface area contributed by atoms with Crippen molar-refractivity contribution in [1.82, 2.24) is 0 Å². The maximum Gasteiger partial charge on any atom is 0.0721 e. The van der Waals surface area contributed by atoms with Gasteiger partial charge in [-0.05, 0) is 44.4 Å². The Kier molecular flexibility index (Phi) is 3.49. The minimum atomic E-state index is 0.534. The molecule has 0 aromatic heterocycles. The predicted molar refractivity (Wildman–Crippen MR) is 55.7 cm³/mol. The quantitative estimate of drug-likeness (QED) is 0.689. The normalized spacial score (nSPS) is 10.5. The molecule has 1 radical (unpaired) electrons. The Morgan fingerprint density at radius 2 is 1.69 bits per heavy atom. The molecular formula is C12H17O. The molecule has 0 fully saturated rings. The van der Waals surface area contributed by atoms with Gasteiger partial charge in [-0.15, -0.1) is 0 Å². The molecule has 1 nitrogen and oxygen atoms in total. The highest BCUT2D eigenvalue weighted by Gasteiger charge is 2.02. The molecular weight excluding hydrogens is 160 g/mol. The molecule has 71 valence electrons. The first-order valence-electron chi connectivity index (χ1n) is 4.59. The van der Waals surface area contributed by atoms with Crippen LogP contribution in [0.15, 0.2) is 12.1 Å². The summed E-state index contributed by atoms with van der Waals surface area (Å²) in [4.78, 5) is 0. The number of hydrogen-bond donors (Lipinski definition) is 0. The van der Waals surface area contributed by atoms with Gasteiger partial charge in [0.05, 0.1) is 6.61 Å². The second-order valence-corrected chi connectivity index (χ2v) is 3.43. The summed E-state index contributed by atoms with van der Waals surface area (Å²) >= 11 is 0. The van der Waals surface area contributed by atoms with Gasteiger partial charge in [-0.25, -0.2) is 0 Å². The number of ether oxygens (including phenoxy) is 1. The lowest BCUT2D eigenvalue weighted by Gasteiger charge is -2.10. The fourth-order valence-electron chi connectivity index (χ4n) is 1.61. The zero-order chi connectivity index (χ0) is 9.84. The van der Waals surface area contributed by atoms with Crippen molar-refractivity contribution in [3.8, 4) is 0 Å². The Morgan fingerprint density at radius 1 is 1.15 bits per heavy atom. The van der Waals surface area contributed by atoms with E-state index in [4.69, 9.17) is 4.74 Å². The van der Waals surface area contributed by atoms with E-state index in [1.54, 1.807) is 0 Å². The summed E-state index contributed by atoms with van der Waals surface area (Å²) in [6.45, 7) is 11.2. The zero-order valence-corrected chi connectivity index (χ0v) is 8.68. The molecule has 0 heterocycles. The lowest BCUT2D eigenvalue weighted by molar-refractivity contribution is 0.146. The average Bonchev–Trinajstić information content (AvgIpc) is 2.02. The second kappa shape index (κ2) is 4.43. The third-order valence-corrected chi connectivity index (χ3v) is 2.23. The lowest BCUT2D eigenvalue weighted by atomic mass is 10.0. The van der Waals surface area contributed by atoms with Gasteiger partial charge < -0.3 is 4.74 Å². The number of aryl methyl sites for hydroxylation is 3. The van der Waals surface area contributed by atoms with Gasteiger partial charge in [0.15, 0.2) is 0 Å². The highest BCUT2D eigenvalue weighted by Crippen LogP contribution is 2.16.